The molecule has 0 aliphatic carbocycles. The number of hydrogen-bond acceptors (Lipinski definition) is 6. The molecule has 3 aromatic rings. The second-order valence-electron chi connectivity index (χ2n) is 7.72. The Morgan fingerprint density at radius 3 is 2.90 bits per heavy atom. The van der Waals surface area contributed by atoms with Crippen LogP contribution in [0.3, 0.4) is 0 Å². The van der Waals surface area contributed by atoms with E-state index in [-0.39, 0.29) is 18.3 Å². The summed E-state index contributed by atoms with van der Waals surface area (Å²) in [5, 5.41) is 12.0. The molecule has 30 heavy (non-hydrogen) atoms. The van der Waals surface area contributed by atoms with Gasteiger partial charge in [0.15, 0.2) is 0 Å². The van der Waals surface area contributed by atoms with Crippen molar-refractivity contribution in [3.63, 3.8) is 0 Å². The van der Waals surface area contributed by atoms with Gasteiger partial charge in [-0.15, -0.1) is 5.10 Å². The first-order valence-corrected chi connectivity index (χ1v) is 10.4. The van der Waals surface area contributed by atoms with Gasteiger partial charge in [0, 0.05) is 19.5 Å². The molecular weight excluding hydrogens is 380 g/mol. The molecule has 7 nitrogen and oxygen atoms in total. The Balaban J connectivity index is 1.86. The van der Waals surface area contributed by atoms with Crippen molar-refractivity contribution in [2.75, 3.05) is 20.3 Å². The van der Waals surface area contributed by atoms with Gasteiger partial charge in [-0.25, -0.2) is 4.68 Å². The summed E-state index contributed by atoms with van der Waals surface area (Å²) in [6.07, 6.45) is 1.28. The van der Waals surface area contributed by atoms with Gasteiger partial charge in [-0.05, 0) is 60.7 Å². The summed E-state index contributed by atoms with van der Waals surface area (Å²) >= 11 is 0. The van der Waals surface area contributed by atoms with Gasteiger partial charge in [0.2, 0.25) is 0 Å². The van der Waals surface area contributed by atoms with E-state index in [1.54, 1.807) is 11.8 Å². The van der Waals surface area contributed by atoms with Gasteiger partial charge >= 0.3 is 5.97 Å². The molecule has 1 aliphatic rings. The minimum absolute atomic E-state index is 0.156. The van der Waals surface area contributed by atoms with Crippen molar-refractivity contribution >= 4 is 17.0 Å². The van der Waals surface area contributed by atoms with Crippen LogP contribution < -0.4 is 10.1 Å². The van der Waals surface area contributed by atoms with E-state index in [1.165, 1.54) is 11.1 Å². The SMILES string of the molecule is CCOC(=O)CC(c1ccc2c(c1)CNCC2)c1cc(OC)c2c(nnn2C)c1C. The van der Waals surface area contributed by atoms with E-state index in [1.807, 2.05) is 27.0 Å². The molecule has 7 heteroatoms. The summed E-state index contributed by atoms with van der Waals surface area (Å²) in [6.45, 7) is 6.07. The first-order chi connectivity index (χ1) is 14.5. The normalized spacial score (nSPS) is 14.4. The molecule has 0 amide bonds. The predicted octanol–water partition coefficient (Wildman–Crippen LogP) is 3.02. The number of rotatable bonds is 6. The third-order valence-corrected chi connectivity index (χ3v) is 5.93. The molecule has 0 radical (unpaired) electrons. The number of benzene rings is 2. The summed E-state index contributed by atoms with van der Waals surface area (Å²) < 4.78 is 12.7. The van der Waals surface area contributed by atoms with Crippen molar-refractivity contribution < 1.29 is 14.3 Å². The van der Waals surface area contributed by atoms with Gasteiger partial charge in [0.1, 0.15) is 16.8 Å². The van der Waals surface area contributed by atoms with Crippen molar-refractivity contribution in [2.24, 2.45) is 7.05 Å². The van der Waals surface area contributed by atoms with Gasteiger partial charge < -0.3 is 14.8 Å². The van der Waals surface area contributed by atoms with Crippen molar-refractivity contribution in [1.29, 1.82) is 0 Å². The van der Waals surface area contributed by atoms with Crippen molar-refractivity contribution in [2.45, 2.75) is 39.2 Å². The fourth-order valence-corrected chi connectivity index (χ4v) is 4.37. The number of esters is 1. The molecule has 0 fully saturated rings. The fourth-order valence-electron chi connectivity index (χ4n) is 4.37. The van der Waals surface area contributed by atoms with E-state index in [9.17, 15) is 4.79 Å². The Morgan fingerprint density at radius 2 is 2.13 bits per heavy atom. The van der Waals surface area contributed by atoms with Gasteiger partial charge in [-0.2, -0.15) is 0 Å². The first-order valence-electron chi connectivity index (χ1n) is 10.4. The molecule has 158 valence electrons. The van der Waals surface area contributed by atoms with E-state index >= 15 is 0 Å². The lowest BCUT2D eigenvalue weighted by molar-refractivity contribution is -0.143. The van der Waals surface area contributed by atoms with Gasteiger partial charge in [-0.1, -0.05) is 23.4 Å². The zero-order valence-corrected chi connectivity index (χ0v) is 18.0. The third kappa shape index (κ3) is 3.65. The van der Waals surface area contributed by atoms with Crippen molar-refractivity contribution in [3.8, 4) is 5.75 Å². The molecule has 1 unspecified atom stereocenters. The molecule has 0 saturated carbocycles. The van der Waals surface area contributed by atoms with Gasteiger partial charge in [0.25, 0.3) is 0 Å². The number of aromatic nitrogens is 3. The Bertz CT molecular complexity index is 1090. The maximum absolute atomic E-state index is 12.5. The number of ether oxygens (including phenoxy) is 2. The maximum atomic E-state index is 12.5. The highest BCUT2D eigenvalue weighted by Gasteiger charge is 2.26. The highest BCUT2D eigenvalue weighted by molar-refractivity contribution is 5.86. The second kappa shape index (κ2) is 8.44. The molecule has 2 heterocycles. The average molecular weight is 409 g/mol. The standard InChI is InChI=1S/C23H28N4O3/c1-5-30-21(28)12-19(16-7-6-15-8-9-24-13-17(15)10-16)18-11-20(29-4)23-22(14(18)2)25-26-27(23)3/h6-7,10-11,19,24H,5,8-9,12-13H2,1-4H3. The molecule has 0 saturated heterocycles. The minimum atomic E-state index is -0.212. The van der Waals surface area contributed by atoms with Crippen LogP contribution in [-0.2, 0) is 29.5 Å². The molecule has 1 aliphatic heterocycles. The first kappa shape index (κ1) is 20.3. The molecule has 4 rings (SSSR count). The maximum Gasteiger partial charge on any atom is 0.306 e. The number of hydrogen-bond donors (Lipinski definition) is 1. The molecule has 2 aromatic carbocycles. The van der Waals surface area contributed by atoms with Crippen LogP contribution in [-0.4, -0.2) is 41.2 Å². The Labute approximate surface area is 176 Å². The number of fused-ring (bicyclic) bond motifs is 2. The number of methoxy groups -OCH3 is 1. The largest absolute Gasteiger partial charge is 0.494 e. The van der Waals surface area contributed by atoms with E-state index in [0.717, 1.165) is 47.2 Å². The van der Waals surface area contributed by atoms with Crippen LogP contribution in [0.25, 0.3) is 11.0 Å². The Morgan fingerprint density at radius 1 is 1.30 bits per heavy atom. The molecule has 1 N–H and O–H groups in total. The zero-order valence-electron chi connectivity index (χ0n) is 18.0. The van der Waals surface area contributed by atoms with Crippen LogP contribution in [0.2, 0.25) is 0 Å². The van der Waals surface area contributed by atoms with E-state index < -0.39 is 0 Å². The lowest BCUT2D eigenvalue weighted by Gasteiger charge is -2.24. The summed E-state index contributed by atoms with van der Waals surface area (Å²) in [5.74, 6) is 0.333. The number of nitrogens with one attached hydrogen (secondary N) is 1. The molecule has 1 atom stereocenters. The predicted molar refractivity (Wildman–Crippen MR) is 115 cm³/mol. The third-order valence-electron chi connectivity index (χ3n) is 5.93. The van der Waals surface area contributed by atoms with E-state index in [2.05, 4.69) is 33.8 Å². The fraction of sp³-hybridized carbons (Fsp3) is 0.435. The lowest BCUT2D eigenvalue weighted by atomic mass is 9.83. The van der Waals surface area contributed by atoms with Crippen LogP contribution >= 0.6 is 0 Å². The van der Waals surface area contributed by atoms with Crippen LogP contribution in [0.15, 0.2) is 24.3 Å². The number of aryl methyl sites for hydroxylation is 2. The summed E-state index contributed by atoms with van der Waals surface area (Å²) in [6, 6.07) is 8.57. The Hall–Kier alpha value is -2.93. The quantitative estimate of drug-likeness (QED) is 0.632. The molecule has 1 aromatic heterocycles. The zero-order chi connectivity index (χ0) is 21.3. The molecular formula is C23H28N4O3. The van der Waals surface area contributed by atoms with Crippen LogP contribution in [0.4, 0.5) is 0 Å². The van der Waals surface area contributed by atoms with Crippen LogP contribution in [0.5, 0.6) is 5.75 Å². The van der Waals surface area contributed by atoms with Crippen LogP contribution in [0, 0.1) is 6.92 Å². The number of carbonyl (C=O) groups is 1. The smallest absolute Gasteiger partial charge is 0.306 e. The van der Waals surface area contributed by atoms with Crippen molar-refractivity contribution in [1.82, 2.24) is 20.3 Å². The monoisotopic (exact) mass is 408 g/mol. The molecule has 0 spiro atoms. The summed E-state index contributed by atoms with van der Waals surface area (Å²) in [4.78, 5) is 12.5. The lowest BCUT2D eigenvalue weighted by Crippen LogP contribution is -2.24. The summed E-state index contributed by atoms with van der Waals surface area (Å²) in [7, 11) is 3.50. The second-order valence-corrected chi connectivity index (χ2v) is 7.72. The van der Waals surface area contributed by atoms with Crippen molar-refractivity contribution in [3.05, 3.63) is 52.1 Å². The van der Waals surface area contributed by atoms with E-state index in [4.69, 9.17) is 9.47 Å². The topological polar surface area (TPSA) is 78.3 Å². The Kier molecular flexibility index (Phi) is 5.72. The minimum Gasteiger partial charge on any atom is -0.494 e. The average Bonchev–Trinajstić information content (AvgIpc) is 3.15. The van der Waals surface area contributed by atoms with E-state index in [0.29, 0.717) is 12.4 Å². The highest BCUT2D eigenvalue weighted by Crippen LogP contribution is 2.38. The van der Waals surface area contributed by atoms with Gasteiger partial charge in [0.05, 0.1) is 20.1 Å². The summed E-state index contributed by atoms with van der Waals surface area (Å²) in [5.41, 5.74) is 7.41. The number of carbonyl (C=O) groups excluding carboxylic acids is 1. The van der Waals surface area contributed by atoms with Crippen LogP contribution in [0.1, 0.15) is 47.1 Å². The highest BCUT2D eigenvalue weighted by atomic mass is 16.5. The van der Waals surface area contributed by atoms with Gasteiger partial charge in [-0.3, -0.25) is 4.79 Å². The number of nitrogens with zero attached hydrogens (tertiary/aromatic N) is 3. The molecule has 0 bridgehead atoms.